The van der Waals surface area contributed by atoms with Crippen LogP contribution in [0.1, 0.15) is 23.2 Å². The maximum absolute atomic E-state index is 11.8. The lowest BCUT2D eigenvalue weighted by Gasteiger charge is -2.13. The Balaban J connectivity index is 0.00000361. The molecule has 0 aromatic heterocycles. The fourth-order valence-electron chi connectivity index (χ4n) is 1.40. The summed E-state index contributed by atoms with van der Waals surface area (Å²) >= 11 is 0. The zero-order valence-electron chi connectivity index (χ0n) is 10.5. The number of nitrogens with one attached hydrogen (secondary N) is 1. The highest BCUT2D eigenvalue weighted by Crippen LogP contribution is 2.06. The van der Waals surface area contributed by atoms with Gasteiger partial charge in [-0.3, -0.25) is 9.59 Å². The zero-order valence-corrected chi connectivity index (χ0v) is 10.5. The van der Waals surface area contributed by atoms with Crippen molar-refractivity contribution in [2.24, 2.45) is 0 Å². The van der Waals surface area contributed by atoms with E-state index in [0.717, 1.165) is 0 Å². The molecule has 8 nitrogen and oxygen atoms in total. The number of hydrogen-bond donors (Lipinski definition) is 4. The Bertz CT molecular complexity index is 485. The van der Waals surface area contributed by atoms with E-state index in [-0.39, 0.29) is 23.9 Å². The van der Waals surface area contributed by atoms with E-state index in [1.54, 1.807) is 0 Å². The summed E-state index contributed by atoms with van der Waals surface area (Å²) in [7, 11) is 0. The number of carboxylic acids is 2. The van der Waals surface area contributed by atoms with E-state index in [2.05, 4.69) is 5.32 Å². The van der Waals surface area contributed by atoms with Gasteiger partial charge in [0.15, 0.2) is 0 Å². The number of rotatable bonds is 6. The highest BCUT2D eigenvalue weighted by molar-refractivity contribution is 5.96. The molecule has 0 unspecified atom stereocenters. The van der Waals surface area contributed by atoms with Gasteiger partial charge in [-0.2, -0.15) is 0 Å². The second kappa shape index (κ2) is 7.74. The van der Waals surface area contributed by atoms with Crippen molar-refractivity contribution in [3.8, 4) is 0 Å². The Morgan fingerprint density at radius 1 is 1.15 bits per heavy atom. The largest absolute Gasteiger partial charge is 0.481 e. The standard InChI is InChI=1S/C12H14N2O5.H2O/c13-8-3-1-7(2-4-8)11(17)14-9(12(18)19)5-6-10(15)16;/h1-4,9H,5-6,13H2,(H,14,17)(H,15,16)(H,18,19);1H2/t9-;/m0./s1. The summed E-state index contributed by atoms with van der Waals surface area (Å²) in [5, 5.41) is 19.7. The van der Waals surface area contributed by atoms with Crippen molar-refractivity contribution in [2.45, 2.75) is 18.9 Å². The van der Waals surface area contributed by atoms with Crippen LogP contribution >= 0.6 is 0 Å². The number of amides is 1. The molecule has 0 bridgehead atoms. The summed E-state index contributed by atoms with van der Waals surface area (Å²) in [4.78, 5) is 33.1. The number of hydrogen-bond acceptors (Lipinski definition) is 4. The molecule has 0 spiro atoms. The maximum atomic E-state index is 11.8. The highest BCUT2D eigenvalue weighted by atomic mass is 16.4. The smallest absolute Gasteiger partial charge is 0.326 e. The number of nitrogen functional groups attached to an aromatic ring is 1. The first-order chi connectivity index (χ1) is 8.90. The third kappa shape index (κ3) is 5.36. The van der Waals surface area contributed by atoms with E-state index in [1.165, 1.54) is 24.3 Å². The molecule has 0 fully saturated rings. The Morgan fingerprint density at radius 2 is 1.70 bits per heavy atom. The second-order valence-corrected chi connectivity index (χ2v) is 3.92. The zero-order chi connectivity index (χ0) is 14.4. The summed E-state index contributed by atoms with van der Waals surface area (Å²) in [6, 6.07) is 4.71. The van der Waals surface area contributed by atoms with Gasteiger partial charge in [-0.1, -0.05) is 0 Å². The van der Waals surface area contributed by atoms with E-state index in [1.807, 2.05) is 0 Å². The van der Waals surface area contributed by atoms with Gasteiger partial charge in [0.25, 0.3) is 5.91 Å². The van der Waals surface area contributed by atoms with Crippen LogP contribution in [0.3, 0.4) is 0 Å². The minimum absolute atomic E-state index is 0. The van der Waals surface area contributed by atoms with Crippen LogP contribution < -0.4 is 11.1 Å². The van der Waals surface area contributed by atoms with E-state index in [4.69, 9.17) is 15.9 Å². The monoisotopic (exact) mass is 284 g/mol. The first kappa shape index (κ1) is 17.4. The van der Waals surface area contributed by atoms with Crippen LogP contribution in [-0.4, -0.2) is 39.6 Å². The number of nitrogens with two attached hydrogens (primary N) is 1. The lowest BCUT2D eigenvalue weighted by atomic mass is 10.1. The molecular weight excluding hydrogens is 268 g/mol. The fourth-order valence-corrected chi connectivity index (χ4v) is 1.40. The number of benzene rings is 1. The van der Waals surface area contributed by atoms with Crippen LogP contribution in [0.4, 0.5) is 5.69 Å². The second-order valence-electron chi connectivity index (χ2n) is 3.92. The van der Waals surface area contributed by atoms with Gasteiger partial charge < -0.3 is 26.7 Å². The Morgan fingerprint density at radius 3 is 2.15 bits per heavy atom. The van der Waals surface area contributed by atoms with Gasteiger partial charge in [0.1, 0.15) is 6.04 Å². The minimum atomic E-state index is -1.27. The highest BCUT2D eigenvalue weighted by Gasteiger charge is 2.21. The van der Waals surface area contributed by atoms with Gasteiger partial charge >= 0.3 is 11.9 Å². The van der Waals surface area contributed by atoms with Gasteiger partial charge in [-0.15, -0.1) is 0 Å². The van der Waals surface area contributed by atoms with Crippen LogP contribution in [0.5, 0.6) is 0 Å². The molecule has 0 saturated carbocycles. The van der Waals surface area contributed by atoms with Crippen LogP contribution in [-0.2, 0) is 9.59 Å². The van der Waals surface area contributed by atoms with E-state index >= 15 is 0 Å². The predicted molar refractivity (Wildman–Crippen MR) is 70.2 cm³/mol. The summed E-state index contributed by atoms with van der Waals surface area (Å²) < 4.78 is 0. The third-order valence-electron chi connectivity index (χ3n) is 2.42. The van der Waals surface area contributed by atoms with Crippen molar-refractivity contribution in [2.75, 3.05) is 5.73 Å². The van der Waals surface area contributed by atoms with Crippen molar-refractivity contribution >= 4 is 23.5 Å². The molecule has 0 aliphatic rings. The molecule has 1 atom stereocenters. The summed E-state index contributed by atoms with van der Waals surface area (Å²) in [5.41, 5.74) is 6.21. The number of anilines is 1. The molecule has 0 saturated heterocycles. The average molecular weight is 284 g/mol. The SMILES string of the molecule is Nc1ccc(C(=O)N[C@@H](CCC(=O)O)C(=O)O)cc1.O. The predicted octanol–water partition coefficient (Wildman–Crippen LogP) is -0.508. The maximum Gasteiger partial charge on any atom is 0.326 e. The van der Waals surface area contributed by atoms with Crippen LogP contribution in [0.25, 0.3) is 0 Å². The van der Waals surface area contributed by atoms with Gasteiger partial charge in [-0.05, 0) is 30.7 Å². The molecule has 0 heterocycles. The van der Waals surface area contributed by atoms with Crippen molar-refractivity contribution in [3.05, 3.63) is 29.8 Å². The molecule has 8 heteroatoms. The van der Waals surface area contributed by atoms with Gasteiger partial charge in [0, 0.05) is 17.7 Å². The molecule has 1 aromatic carbocycles. The van der Waals surface area contributed by atoms with E-state index in [9.17, 15) is 14.4 Å². The average Bonchev–Trinajstić information content (AvgIpc) is 2.34. The van der Waals surface area contributed by atoms with Gasteiger partial charge in [0.2, 0.25) is 0 Å². The Hall–Kier alpha value is -2.61. The molecular formula is C12H16N2O6. The van der Waals surface area contributed by atoms with Crippen molar-refractivity contribution < 1.29 is 30.1 Å². The van der Waals surface area contributed by atoms with Crippen molar-refractivity contribution in [3.63, 3.8) is 0 Å². The number of carbonyl (C=O) groups excluding carboxylic acids is 1. The first-order valence-corrected chi connectivity index (χ1v) is 5.51. The number of carbonyl (C=O) groups is 3. The number of aliphatic carboxylic acids is 2. The van der Waals surface area contributed by atoms with Crippen LogP contribution in [0, 0.1) is 0 Å². The topological polar surface area (TPSA) is 161 Å². The molecule has 7 N–H and O–H groups in total. The van der Waals surface area contributed by atoms with Crippen LogP contribution in [0.2, 0.25) is 0 Å². The van der Waals surface area contributed by atoms with Crippen molar-refractivity contribution in [1.29, 1.82) is 0 Å². The molecule has 1 aromatic rings. The molecule has 0 aliphatic carbocycles. The minimum Gasteiger partial charge on any atom is -0.481 e. The van der Waals surface area contributed by atoms with Gasteiger partial charge in [-0.25, -0.2) is 4.79 Å². The molecule has 1 amide bonds. The summed E-state index contributed by atoms with van der Waals surface area (Å²) in [6.07, 6.45) is -0.510. The normalized spacial score (nSPS) is 11.0. The Labute approximate surface area is 114 Å². The number of carboxylic acid groups (broad SMARTS) is 2. The van der Waals surface area contributed by atoms with E-state index < -0.39 is 23.9 Å². The summed E-state index contributed by atoms with van der Waals surface area (Å²) in [5.74, 6) is -2.98. The van der Waals surface area contributed by atoms with Crippen molar-refractivity contribution in [1.82, 2.24) is 5.32 Å². The molecule has 1 rings (SSSR count). The fraction of sp³-hybridized carbons (Fsp3) is 0.250. The first-order valence-electron chi connectivity index (χ1n) is 5.51. The molecule has 110 valence electrons. The Kier molecular flexibility index (Phi) is 6.73. The summed E-state index contributed by atoms with van der Waals surface area (Å²) in [6.45, 7) is 0. The lowest BCUT2D eigenvalue weighted by molar-refractivity contribution is -0.140. The van der Waals surface area contributed by atoms with Crippen LogP contribution in [0.15, 0.2) is 24.3 Å². The van der Waals surface area contributed by atoms with Gasteiger partial charge in [0.05, 0.1) is 0 Å². The molecule has 0 aliphatic heterocycles. The third-order valence-corrected chi connectivity index (χ3v) is 2.42. The molecule has 0 radical (unpaired) electrons. The molecule has 20 heavy (non-hydrogen) atoms. The van der Waals surface area contributed by atoms with E-state index in [0.29, 0.717) is 5.69 Å². The quantitative estimate of drug-likeness (QED) is 0.514. The lowest BCUT2D eigenvalue weighted by Crippen LogP contribution is -2.41.